The molecule has 2 aliphatic heterocycles. The van der Waals surface area contributed by atoms with Gasteiger partial charge in [0.15, 0.2) is 0 Å². The highest BCUT2D eigenvalue weighted by Crippen LogP contribution is 2.37. The predicted molar refractivity (Wildman–Crippen MR) is 112 cm³/mol. The van der Waals surface area contributed by atoms with E-state index < -0.39 is 0 Å². The van der Waals surface area contributed by atoms with Gasteiger partial charge in [-0.2, -0.15) is 0 Å². The molecule has 0 spiro atoms. The molecule has 2 saturated heterocycles. The number of halogens is 2. The molecule has 2 aromatic carbocycles. The number of benzene rings is 2. The van der Waals surface area contributed by atoms with E-state index in [1.807, 2.05) is 12.1 Å². The van der Waals surface area contributed by atoms with E-state index in [1.54, 1.807) is 12.1 Å². The lowest BCUT2D eigenvalue weighted by Gasteiger charge is -2.35. The van der Waals surface area contributed by atoms with Crippen molar-refractivity contribution in [2.75, 3.05) is 12.8 Å². The number of methoxy groups -OCH3 is 1. The Labute approximate surface area is 175 Å². The quantitative estimate of drug-likeness (QED) is 0.722. The monoisotopic (exact) mass is 417 g/mol. The number of anilines is 1. The minimum atomic E-state index is -0.225. The van der Waals surface area contributed by atoms with Crippen LogP contribution in [0.5, 0.6) is 5.75 Å². The number of nitrogens with two attached hydrogens (primary N) is 1. The molecule has 7 heteroatoms. The van der Waals surface area contributed by atoms with Crippen LogP contribution in [-0.4, -0.2) is 36.0 Å². The molecule has 0 radical (unpaired) electrons. The number of fused-ring (bicyclic) bond motifs is 2. The van der Waals surface area contributed by atoms with Gasteiger partial charge in [0.05, 0.1) is 23.4 Å². The normalized spacial score (nSPS) is 23.8. The van der Waals surface area contributed by atoms with E-state index in [1.165, 1.54) is 19.2 Å². The van der Waals surface area contributed by atoms with Gasteiger partial charge in [0.2, 0.25) is 0 Å². The fourth-order valence-electron chi connectivity index (χ4n) is 4.66. The van der Waals surface area contributed by atoms with Crippen LogP contribution in [0.15, 0.2) is 36.4 Å². The Morgan fingerprint density at radius 1 is 1.31 bits per heavy atom. The first-order valence-electron chi connectivity index (χ1n) is 9.90. The molecule has 2 aliphatic rings. The Balaban J connectivity index is 1.50. The first-order valence-corrected chi connectivity index (χ1v) is 10.3. The minimum absolute atomic E-state index is 0.0523. The van der Waals surface area contributed by atoms with E-state index in [0.717, 1.165) is 37.8 Å². The number of carbonyl (C=O) groups excluding carboxylic acids is 1. The number of piperidine rings is 1. The van der Waals surface area contributed by atoms with Crippen molar-refractivity contribution in [3.8, 4) is 5.75 Å². The van der Waals surface area contributed by atoms with Crippen molar-refractivity contribution in [2.24, 2.45) is 0 Å². The standard InChI is InChI=1S/C22H25ClFN3O2/c1-29-21-11-18(25)17(23)10-16(21)22(28)26-19-9-15-3-2-4-20(19)27(15)12-13-5-7-14(24)8-6-13/h5-8,10-11,15,19-20H,2-4,9,12,25H2,1H3,(H,26,28)/t15?,19-,20?/m0/s1. The number of amides is 1. The lowest BCUT2D eigenvalue weighted by Crippen LogP contribution is -2.46. The van der Waals surface area contributed by atoms with Crippen LogP contribution in [0.4, 0.5) is 10.1 Å². The summed E-state index contributed by atoms with van der Waals surface area (Å²) in [6.07, 6.45) is 4.20. The number of ether oxygens (including phenoxy) is 1. The molecule has 2 unspecified atom stereocenters. The molecule has 0 saturated carbocycles. The van der Waals surface area contributed by atoms with Gasteiger partial charge in [0, 0.05) is 30.7 Å². The molecule has 3 N–H and O–H groups in total. The Morgan fingerprint density at radius 3 is 2.79 bits per heavy atom. The summed E-state index contributed by atoms with van der Waals surface area (Å²) in [7, 11) is 1.51. The maximum Gasteiger partial charge on any atom is 0.255 e. The molecule has 2 bridgehead atoms. The van der Waals surface area contributed by atoms with Crippen LogP contribution in [0.25, 0.3) is 0 Å². The number of nitrogens with zero attached hydrogens (tertiary/aromatic N) is 1. The van der Waals surface area contributed by atoms with Crippen molar-refractivity contribution < 1.29 is 13.9 Å². The second-order valence-electron chi connectivity index (χ2n) is 7.84. The number of nitrogens with one attached hydrogen (secondary N) is 1. The zero-order valence-electron chi connectivity index (χ0n) is 16.3. The van der Waals surface area contributed by atoms with Crippen LogP contribution in [0.2, 0.25) is 5.02 Å². The topological polar surface area (TPSA) is 67.6 Å². The van der Waals surface area contributed by atoms with Crippen LogP contribution < -0.4 is 15.8 Å². The molecule has 29 heavy (non-hydrogen) atoms. The maximum absolute atomic E-state index is 13.2. The second-order valence-corrected chi connectivity index (χ2v) is 8.25. The zero-order chi connectivity index (χ0) is 20.5. The summed E-state index contributed by atoms with van der Waals surface area (Å²) in [5.41, 5.74) is 7.68. The summed E-state index contributed by atoms with van der Waals surface area (Å²) in [5, 5.41) is 3.53. The van der Waals surface area contributed by atoms with E-state index in [0.29, 0.717) is 28.1 Å². The van der Waals surface area contributed by atoms with Gasteiger partial charge in [0.25, 0.3) is 5.91 Å². The van der Waals surface area contributed by atoms with Crippen LogP contribution in [-0.2, 0) is 6.54 Å². The van der Waals surface area contributed by atoms with Crippen LogP contribution >= 0.6 is 11.6 Å². The summed E-state index contributed by atoms with van der Waals surface area (Å²) < 4.78 is 18.5. The first-order chi connectivity index (χ1) is 14.0. The summed E-state index contributed by atoms with van der Waals surface area (Å²) >= 11 is 6.12. The number of carbonyl (C=O) groups is 1. The van der Waals surface area contributed by atoms with Crippen LogP contribution in [0.3, 0.4) is 0 Å². The summed E-state index contributed by atoms with van der Waals surface area (Å²) in [5.74, 6) is -0.0202. The average molecular weight is 418 g/mol. The highest BCUT2D eigenvalue weighted by molar-refractivity contribution is 6.33. The third-order valence-corrected chi connectivity index (χ3v) is 6.41. The molecule has 4 rings (SSSR count). The molecular weight excluding hydrogens is 393 g/mol. The van der Waals surface area contributed by atoms with Gasteiger partial charge in [0.1, 0.15) is 11.6 Å². The van der Waals surface area contributed by atoms with Gasteiger partial charge in [-0.05, 0) is 43.0 Å². The molecule has 3 atom stereocenters. The fraction of sp³-hybridized carbons (Fsp3) is 0.409. The molecule has 2 fully saturated rings. The van der Waals surface area contributed by atoms with Gasteiger partial charge in [-0.3, -0.25) is 9.69 Å². The van der Waals surface area contributed by atoms with Gasteiger partial charge >= 0.3 is 0 Å². The summed E-state index contributed by atoms with van der Waals surface area (Å²) in [4.78, 5) is 15.4. The molecule has 0 aliphatic carbocycles. The summed E-state index contributed by atoms with van der Waals surface area (Å²) in [6.45, 7) is 0.763. The highest BCUT2D eigenvalue weighted by atomic mass is 35.5. The Bertz CT molecular complexity index is 906. The molecule has 5 nitrogen and oxygen atoms in total. The third-order valence-electron chi connectivity index (χ3n) is 6.08. The first kappa shape index (κ1) is 20.0. The fourth-order valence-corrected chi connectivity index (χ4v) is 4.83. The lowest BCUT2D eigenvalue weighted by molar-refractivity contribution is 0.0900. The van der Waals surface area contributed by atoms with Crippen molar-refractivity contribution in [3.05, 3.63) is 58.4 Å². The minimum Gasteiger partial charge on any atom is -0.496 e. The lowest BCUT2D eigenvalue weighted by atomic mass is 10.0. The second kappa shape index (κ2) is 8.20. The highest BCUT2D eigenvalue weighted by Gasteiger charge is 2.44. The third kappa shape index (κ3) is 4.05. The maximum atomic E-state index is 13.2. The smallest absolute Gasteiger partial charge is 0.255 e. The van der Waals surface area contributed by atoms with Crippen LogP contribution in [0, 0.1) is 5.82 Å². The predicted octanol–water partition coefficient (Wildman–Crippen LogP) is 4.00. The molecule has 1 amide bonds. The Hall–Kier alpha value is -2.31. The molecule has 2 heterocycles. The van der Waals surface area contributed by atoms with Crippen molar-refractivity contribution in [3.63, 3.8) is 0 Å². The van der Waals surface area contributed by atoms with Crippen LogP contribution in [0.1, 0.15) is 41.6 Å². The largest absolute Gasteiger partial charge is 0.496 e. The number of rotatable bonds is 5. The Morgan fingerprint density at radius 2 is 2.07 bits per heavy atom. The zero-order valence-corrected chi connectivity index (χ0v) is 17.1. The molecule has 0 aromatic heterocycles. The van der Waals surface area contributed by atoms with E-state index in [9.17, 15) is 9.18 Å². The van der Waals surface area contributed by atoms with Gasteiger partial charge in [-0.15, -0.1) is 0 Å². The van der Waals surface area contributed by atoms with Crippen molar-refractivity contribution in [1.29, 1.82) is 0 Å². The van der Waals surface area contributed by atoms with Crippen molar-refractivity contribution >= 4 is 23.2 Å². The summed E-state index contributed by atoms with van der Waals surface area (Å²) in [6, 6.07) is 10.5. The van der Waals surface area contributed by atoms with E-state index >= 15 is 0 Å². The molecular formula is C22H25ClFN3O2. The Kier molecular flexibility index (Phi) is 5.65. The molecule has 154 valence electrons. The molecule has 2 aromatic rings. The van der Waals surface area contributed by atoms with Gasteiger partial charge in [-0.1, -0.05) is 30.2 Å². The van der Waals surface area contributed by atoms with E-state index in [4.69, 9.17) is 22.1 Å². The SMILES string of the molecule is COc1cc(N)c(Cl)cc1C(=O)N[C@H]1CC2CCCC1N2Cc1ccc(F)cc1. The number of hydrogen-bond donors (Lipinski definition) is 2. The average Bonchev–Trinajstić information content (AvgIpc) is 2.88. The van der Waals surface area contributed by atoms with Crippen molar-refractivity contribution in [2.45, 2.75) is 50.4 Å². The van der Waals surface area contributed by atoms with Gasteiger partial charge < -0.3 is 15.8 Å². The van der Waals surface area contributed by atoms with Crippen molar-refractivity contribution in [1.82, 2.24) is 10.2 Å². The number of nitrogen functional groups attached to an aromatic ring is 1. The number of hydrogen-bond acceptors (Lipinski definition) is 4. The van der Waals surface area contributed by atoms with E-state index in [2.05, 4.69) is 10.2 Å². The van der Waals surface area contributed by atoms with Gasteiger partial charge in [-0.25, -0.2) is 4.39 Å². The van der Waals surface area contributed by atoms with E-state index in [-0.39, 0.29) is 23.8 Å².